The molecule has 0 spiro atoms. The van der Waals surface area contributed by atoms with Gasteiger partial charge in [-0.15, -0.1) is 0 Å². The Hall–Kier alpha value is -2.55. The molecule has 0 aliphatic carbocycles. The molecule has 5 heteroatoms. The molecule has 26 heavy (non-hydrogen) atoms. The number of hydrogen-bond donors (Lipinski definition) is 0. The average molecular weight is 366 g/mol. The molecule has 0 amide bonds. The molecule has 1 aliphatic rings. The second-order valence-corrected chi connectivity index (χ2v) is 11.2. The number of benzene rings is 1. The van der Waals surface area contributed by atoms with E-state index in [0.717, 1.165) is 22.1 Å². The molecule has 0 saturated carbocycles. The predicted octanol–water partition coefficient (Wildman–Crippen LogP) is 4.37. The van der Waals surface area contributed by atoms with Crippen molar-refractivity contribution in [2.75, 3.05) is 0 Å². The summed E-state index contributed by atoms with van der Waals surface area (Å²) >= 11 is 0. The maximum absolute atomic E-state index is 6.90. The van der Waals surface area contributed by atoms with Crippen molar-refractivity contribution in [3.05, 3.63) is 91.1 Å². The van der Waals surface area contributed by atoms with Gasteiger partial charge in [-0.2, -0.15) is 0 Å². The van der Waals surface area contributed by atoms with Gasteiger partial charge in [0.25, 0.3) is 0 Å². The van der Waals surface area contributed by atoms with Crippen LogP contribution in [0.2, 0.25) is 0 Å². The van der Waals surface area contributed by atoms with E-state index in [2.05, 4.69) is 19.1 Å². The summed E-state index contributed by atoms with van der Waals surface area (Å²) in [6, 6.07) is 21.9. The first-order valence-electron chi connectivity index (χ1n) is 8.64. The summed E-state index contributed by atoms with van der Waals surface area (Å²) in [6.45, 7) is -1.22. The van der Waals surface area contributed by atoms with Crippen LogP contribution in [-0.2, 0) is 4.52 Å². The van der Waals surface area contributed by atoms with E-state index in [1.54, 1.807) is 18.8 Å². The molecule has 0 bridgehead atoms. The van der Waals surface area contributed by atoms with E-state index in [0.29, 0.717) is 0 Å². The summed E-state index contributed by atoms with van der Waals surface area (Å²) in [5.74, 6) is 0. The van der Waals surface area contributed by atoms with E-state index in [9.17, 15) is 0 Å². The van der Waals surface area contributed by atoms with Crippen LogP contribution in [0.4, 0.5) is 0 Å². The summed E-state index contributed by atoms with van der Waals surface area (Å²) in [5, 5.41) is 0. The molecule has 4 heterocycles. The minimum atomic E-state index is -3.42. The zero-order valence-corrected chi connectivity index (χ0v) is 15.2. The molecule has 3 aromatic heterocycles. The van der Waals surface area contributed by atoms with Gasteiger partial charge >= 0.3 is 151 Å². The fourth-order valence-corrected chi connectivity index (χ4v) is 9.90. The van der Waals surface area contributed by atoms with Gasteiger partial charge in [0.05, 0.1) is 0 Å². The molecule has 0 N–H and O–H groups in total. The topological polar surface area (TPSA) is 48.7 Å². The first kappa shape index (κ1) is 15.7. The van der Waals surface area contributed by atoms with Crippen LogP contribution in [-0.4, -0.2) is 5.66 Å². The van der Waals surface area contributed by atoms with Crippen LogP contribution in [0.5, 0.6) is 0 Å². The van der Waals surface area contributed by atoms with Gasteiger partial charge in [-0.05, 0) is 0 Å². The van der Waals surface area contributed by atoms with Crippen molar-refractivity contribution in [1.29, 1.82) is 0 Å². The predicted molar refractivity (Wildman–Crippen MR) is 102 cm³/mol. The molecule has 5 rings (SSSR count). The molecule has 2 unspecified atom stereocenters. The van der Waals surface area contributed by atoms with Crippen LogP contribution in [0.1, 0.15) is 18.6 Å². The molecule has 4 nitrogen and oxygen atoms in total. The number of rotatable bonds is 4. The van der Waals surface area contributed by atoms with E-state index < -0.39 is 6.83 Å². The molecular formula is C21H19O4P. The van der Waals surface area contributed by atoms with Crippen molar-refractivity contribution in [3.8, 4) is 0 Å². The van der Waals surface area contributed by atoms with Gasteiger partial charge in [0.15, 0.2) is 0 Å². The Balaban J connectivity index is 1.79. The molecule has 2 atom stereocenters. The maximum atomic E-state index is 6.90. The fourth-order valence-electron chi connectivity index (χ4n) is 4.25. The van der Waals surface area contributed by atoms with Gasteiger partial charge in [-0.1, -0.05) is 0 Å². The van der Waals surface area contributed by atoms with E-state index in [4.69, 9.17) is 17.8 Å². The molecule has 132 valence electrons. The summed E-state index contributed by atoms with van der Waals surface area (Å²) in [7, 11) is 0. The van der Waals surface area contributed by atoms with Gasteiger partial charge in [0.2, 0.25) is 0 Å². The van der Waals surface area contributed by atoms with Crippen molar-refractivity contribution in [2.45, 2.75) is 18.7 Å². The third-order valence-corrected chi connectivity index (χ3v) is 11.4. The first-order valence-corrected chi connectivity index (χ1v) is 10.9. The molecule has 4 aromatic rings. The van der Waals surface area contributed by atoms with Gasteiger partial charge in [-0.25, -0.2) is 0 Å². The van der Waals surface area contributed by atoms with Crippen LogP contribution in [0, 0.1) is 0 Å². The zero-order valence-electron chi connectivity index (χ0n) is 14.3. The van der Waals surface area contributed by atoms with Crippen molar-refractivity contribution in [1.82, 2.24) is 0 Å². The van der Waals surface area contributed by atoms with E-state index >= 15 is 0 Å². The zero-order chi connectivity index (χ0) is 17.6. The minimum absolute atomic E-state index is 0.0610. The van der Waals surface area contributed by atoms with Crippen LogP contribution in [0.15, 0.2) is 98.8 Å². The molecule has 1 fully saturated rings. The van der Waals surface area contributed by atoms with E-state index in [1.807, 2.05) is 54.6 Å². The van der Waals surface area contributed by atoms with Crippen molar-refractivity contribution >= 4 is 23.3 Å². The standard InChI is InChI=1S/C21H19O4P/c1-16-21(17-8-3-2-4-9-17)25-26(16,18-10-5-13-22-18,19-11-6-14-23-19)20-12-7-15-24-20/h2-16,21H,1H3. The van der Waals surface area contributed by atoms with Gasteiger partial charge < -0.3 is 0 Å². The van der Waals surface area contributed by atoms with Crippen molar-refractivity contribution < 1.29 is 17.8 Å². The fraction of sp³-hybridized carbons (Fsp3) is 0.143. The Morgan fingerprint density at radius 2 is 1.15 bits per heavy atom. The average Bonchev–Trinajstić information content (AvgIpc) is 3.45. The molecule has 1 saturated heterocycles. The van der Waals surface area contributed by atoms with Gasteiger partial charge in [0, 0.05) is 0 Å². The summed E-state index contributed by atoms with van der Waals surface area (Å²) in [4.78, 5) is 0. The first-order chi connectivity index (χ1) is 12.8. The number of hydrogen-bond acceptors (Lipinski definition) is 4. The molecule has 1 aliphatic heterocycles. The van der Waals surface area contributed by atoms with Crippen molar-refractivity contribution in [3.63, 3.8) is 0 Å². The number of furan rings is 3. The van der Waals surface area contributed by atoms with Gasteiger partial charge in [0.1, 0.15) is 0 Å². The molecule has 1 aromatic carbocycles. The summed E-state index contributed by atoms with van der Waals surface area (Å²) < 4.78 is 24.8. The third-order valence-electron chi connectivity index (χ3n) is 5.51. The quantitative estimate of drug-likeness (QED) is 0.503. The summed E-state index contributed by atoms with van der Waals surface area (Å²) in [5.41, 5.74) is 3.58. The molecule has 0 radical (unpaired) electrons. The Bertz CT molecular complexity index is 901. The van der Waals surface area contributed by atoms with Crippen LogP contribution < -0.4 is 16.5 Å². The van der Waals surface area contributed by atoms with Crippen LogP contribution in [0.25, 0.3) is 0 Å². The van der Waals surface area contributed by atoms with E-state index in [-0.39, 0.29) is 11.8 Å². The van der Waals surface area contributed by atoms with E-state index in [1.165, 1.54) is 0 Å². The second-order valence-electron chi connectivity index (χ2n) is 6.63. The normalized spacial score (nSPS) is 25.0. The Kier molecular flexibility index (Phi) is 3.30. The Morgan fingerprint density at radius 1 is 0.654 bits per heavy atom. The van der Waals surface area contributed by atoms with Crippen LogP contribution >= 0.6 is 6.83 Å². The van der Waals surface area contributed by atoms with Crippen LogP contribution in [0.3, 0.4) is 0 Å². The SMILES string of the molecule is CC1C(c2ccccc2)OP1(c1ccco1)(c1ccco1)c1ccco1. The monoisotopic (exact) mass is 366 g/mol. The van der Waals surface area contributed by atoms with Crippen molar-refractivity contribution in [2.24, 2.45) is 0 Å². The Morgan fingerprint density at radius 3 is 1.54 bits per heavy atom. The second kappa shape index (κ2) is 5.47. The Labute approximate surface area is 151 Å². The van der Waals surface area contributed by atoms with Gasteiger partial charge in [-0.3, -0.25) is 0 Å². The molecular weight excluding hydrogens is 347 g/mol. The summed E-state index contributed by atoms with van der Waals surface area (Å²) in [6.07, 6.45) is 4.99. The third kappa shape index (κ3) is 1.71.